The van der Waals surface area contributed by atoms with Crippen LogP contribution in [0.5, 0.6) is 5.75 Å². The summed E-state index contributed by atoms with van der Waals surface area (Å²) in [5.41, 5.74) is 0.566. The van der Waals surface area contributed by atoms with Crippen molar-refractivity contribution in [2.24, 2.45) is 0 Å². The maximum Gasteiger partial charge on any atom is 0.254 e. The number of carbonyl (C=O) groups is 2. The molecule has 124 valence electrons. The highest BCUT2D eigenvalue weighted by Gasteiger charge is 2.26. The van der Waals surface area contributed by atoms with Crippen LogP contribution >= 0.6 is 0 Å². The summed E-state index contributed by atoms with van der Waals surface area (Å²) in [6.45, 7) is 3.88. The lowest BCUT2D eigenvalue weighted by Crippen LogP contribution is -2.54. The molecule has 1 aromatic carbocycles. The molecule has 1 aromatic rings. The third-order valence-corrected chi connectivity index (χ3v) is 4.08. The first-order chi connectivity index (χ1) is 11.1. The number of carbonyl (C=O) groups excluding carboxylic acids is 2. The molecule has 2 heterocycles. The summed E-state index contributed by atoms with van der Waals surface area (Å²) in [5, 5.41) is 2.80. The molecule has 0 saturated carbocycles. The van der Waals surface area contributed by atoms with Gasteiger partial charge in [-0.2, -0.15) is 0 Å². The molecule has 2 aliphatic rings. The second kappa shape index (κ2) is 7.00. The van der Waals surface area contributed by atoms with Crippen LogP contribution in [0.15, 0.2) is 24.3 Å². The Morgan fingerprint density at radius 1 is 1.39 bits per heavy atom. The molecule has 23 heavy (non-hydrogen) atoms. The molecule has 3 rings (SSSR count). The number of benzene rings is 1. The Labute approximate surface area is 135 Å². The number of hydrogen-bond donors (Lipinski definition) is 1. The van der Waals surface area contributed by atoms with Gasteiger partial charge in [0, 0.05) is 24.8 Å². The van der Waals surface area contributed by atoms with Crippen molar-refractivity contribution in [1.82, 2.24) is 10.2 Å². The van der Waals surface area contributed by atoms with Gasteiger partial charge in [0.1, 0.15) is 12.4 Å². The minimum absolute atomic E-state index is 0.0192. The quantitative estimate of drug-likeness (QED) is 0.906. The standard InChI is InChI=1S/C17H22N2O4/c1-12-9-19(10-16(20)18-12)17(21)13-4-6-14(7-5-13)23-11-15-3-2-8-22-15/h4-7,12,15H,2-3,8-11H2,1H3,(H,18,20). The zero-order chi connectivity index (χ0) is 16.2. The molecule has 2 unspecified atom stereocenters. The van der Waals surface area contributed by atoms with Gasteiger partial charge in [0.15, 0.2) is 0 Å². The maximum atomic E-state index is 12.5. The average molecular weight is 318 g/mol. The molecule has 2 amide bonds. The molecular formula is C17H22N2O4. The normalized spacial score (nSPS) is 24.4. The topological polar surface area (TPSA) is 67.9 Å². The Balaban J connectivity index is 1.57. The Morgan fingerprint density at radius 3 is 2.83 bits per heavy atom. The second-order valence-electron chi connectivity index (χ2n) is 6.12. The summed E-state index contributed by atoms with van der Waals surface area (Å²) in [6, 6.07) is 7.04. The fraction of sp³-hybridized carbons (Fsp3) is 0.529. The van der Waals surface area contributed by atoms with Crippen molar-refractivity contribution in [3.8, 4) is 5.75 Å². The molecule has 0 aromatic heterocycles. The zero-order valence-corrected chi connectivity index (χ0v) is 13.3. The van der Waals surface area contributed by atoms with E-state index in [4.69, 9.17) is 9.47 Å². The molecule has 2 aliphatic heterocycles. The Bertz CT molecular complexity index is 566. The van der Waals surface area contributed by atoms with Gasteiger partial charge in [0.05, 0.1) is 12.6 Å². The van der Waals surface area contributed by atoms with E-state index in [0.29, 0.717) is 18.7 Å². The monoisotopic (exact) mass is 318 g/mol. The van der Waals surface area contributed by atoms with Crippen LogP contribution in [0.3, 0.4) is 0 Å². The predicted octanol–water partition coefficient (Wildman–Crippen LogP) is 1.20. The molecule has 2 fully saturated rings. The van der Waals surface area contributed by atoms with E-state index in [2.05, 4.69) is 5.32 Å². The minimum atomic E-state index is -0.127. The zero-order valence-electron chi connectivity index (χ0n) is 13.3. The van der Waals surface area contributed by atoms with Crippen LogP contribution in [-0.2, 0) is 9.53 Å². The van der Waals surface area contributed by atoms with Gasteiger partial charge in [-0.25, -0.2) is 0 Å². The molecule has 0 aliphatic carbocycles. The van der Waals surface area contributed by atoms with Crippen LogP contribution < -0.4 is 10.1 Å². The molecule has 2 saturated heterocycles. The number of nitrogens with one attached hydrogen (secondary N) is 1. The Kier molecular flexibility index (Phi) is 4.81. The highest BCUT2D eigenvalue weighted by atomic mass is 16.5. The van der Waals surface area contributed by atoms with E-state index in [0.717, 1.165) is 25.2 Å². The SMILES string of the molecule is CC1CN(C(=O)c2ccc(OCC3CCCO3)cc2)CC(=O)N1. The van der Waals surface area contributed by atoms with Gasteiger partial charge in [0.2, 0.25) is 5.91 Å². The molecule has 2 atom stereocenters. The number of rotatable bonds is 4. The lowest BCUT2D eigenvalue weighted by atomic mass is 10.1. The van der Waals surface area contributed by atoms with Crippen molar-refractivity contribution in [2.75, 3.05) is 26.3 Å². The van der Waals surface area contributed by atoms with Gasteiger partial charge in [-0.3, -0.25) is 9.59 Å². The van der Waals surface area contributed by atoms with Gasteiger partial charge in [-0.05, 0) is 44.0 Å². The highest BCUT2D eigenvalue weighted by molar-refractivity contribution is 5.97. The average Bonchev–Trinajstić information content (AvgIpc) is 3.05. The largest absolute Gasteiger partial charge is 0.491 e. The van der Waals surface area contributed by atoms with Gasteiger partial charge in [-0.15, -0.1) is 0 Å². The highest BCUT2D eigenvalue weighted by Crippen LogP contribution is 2.17. The lowest BCUT2D eigenvalue weighted by molar-refractivity contribution is -0.124. The summed E-state index contributed by atoms with van der Waals surface area (Å²) >= 11 is 0. The summed E-state index contributed by atoms with van der Waals surface area (Å²) in [5.74, 6) is 0.479. The fourth-order valence-corrected chi connectivity index (χ4v) is 2.93. The predicted molar refractivity (Wildman–Crippen MR) is 84.4 cm³/mol. The third kappa shape index (κ3) is 4.01. The van der Waals surface area contributed by atoms with E-state index in [1.54, 1.807) is 29.2 Å². The van der Waals surface area contributed by atoms with Crippen molar-refractivity contribution >= 4 is 11.8 Å². The van der Waals surface area contributed by atoms with Crippen LogP contribution in [0.1, 0.15) is 30.1 Å². The van der Waals surface area contributed by atoms with E-state index in [1.165, 1.54) is 0 Å². The number of ether oxygens (including phenoxy) is 2. The van der Waals surface area contributed by atoms with Crippen molar-refractivity contribution in [2.45, 2.75) is 31.9 Å². The molecule has 1 N–H and O–H groups in total. The first kappa shape index (κ1) is 15.8. The van der Waals surface area contributed by atoms with Crippen molar-refractivity contribution < 1.29 is 19.1 Å². The van der Waals surface area contributed by atoms with Gasteiger partial charge in [-0.1, -0.05) is 0 Å². The van der Waals surface area contributed by atoms with Gasteiger partial charge in [0.25, 0.3) is 5.91 Å². The molecule has 0 bridgehead atoms. The van der Waals surface area contributed by atoms with Crippen LogP contribution in [0, 0.1) is 0 Å². The fourth-order valence-electron chi connectivity index (χ4n) is 2.93. The van der Waals surface area contributed by atoms with Gasteiger partial charge < -0.3 is 19.7 Å². The molecular weight excluding hydrogens is 296 g/mol. The minimum Gasteiger partial charge on any atom is -0.491 e. The summed E-state index contributed by atoms with van der Waals surface area (Å²) < 4.78 is 11.2. The maximum absolute atomic E-state index is 12.5. The summed E-state index contributed by atoms with van der Waals surface area (Å²) in [6.07, 6.45) is 2.29. The first-order valence-corrected chi connectivity index (χ1v) is 8.05. The number of nitrogens with zero attached hydrogens (tertiary/aromatic N) is 1. The van der Waals surface area contributed by atoms with Gasteiger partial charge >= 0.3 is 0 Å². The molecule has 0 radical (unpaired) electrons. The van der Waals surface area contributed by atoms with E-state index in [1.807, 2.05) is 6.92 Å². The molecule has 0 spiro atoms. The first-order valence-electron chi connectivity index (χ1n) is 8.05. The van der Waals surface area contributed by atoms with Crippen molar-refractivity contribution in [1.29, 1.82) is 0 Å². The number of piperazine rings is 1. The Morgan fingerprint density at radius 2 is 2.17 bits per heavy atom. The van der Waals surface area contributed by atoms with Crippen LogP contribution in [0.4, 0.5) is 0 Å². The van der Waals surface area contributed by atoms with Crippen molar-refractivity contribution in [3.05, 3.63) is 29.8 Å². The second-order valence-corrected chi connectivity index (χ2v) is 6.12. The Hall–Kier alpha value is -2.08. The number of amides is 2. The lowest BCUT2D eigenvalue weighted by Gasteiger charge is -2.31. The molecule has 6 nitrogen and oxygen atoms in total. The van der Waals surface area contributed by atoms with E-state index in [9.17, 15) is 9.59 Å². The summed E-state index contributed by atoms with van der Waals surface area (Å²) in [4.78, 5) is 25.6. The van der Waals surface area contributed by atoms with E-state index >= 15 is 0 Å². The van der Waals surface area contributed by atoms with E-state index in [-0.39, 0.29) is 30.5 Å². The summed E-state index contributed by atoms with van der Waals surface area (Å²) in [7, 11) is 0. The van der Waals surface area contributed by atoms with Crippen LogP contribution in [-0.4, -0.2) is 55.2 Å². The third-order valence-electron chi connectivity index (χ3n) is 4.08. The molecule has 6 heteroatoms. The van der Waals surface area contributed by atoms with Crippen molar-refractivity contribution in [3.63, 3.8) is 0 Å². The van der Waals surface area contributed by atoms with E-state index < -0.39 is 0 Å². The van der Waals surface area contributed by atoms with Crippen LogP contribution in [0.25, 0.3) is 0 Å². The smallest absolute Gasteiger partial charge is 0.254 e. The number of hydrogen-bond acceptors (Lipinski definition) is 4. The van der Waals surface area contributed by atoms with Crippen LogP contribution in [0.2, 0.25) is 0 Å².